The minimum atomic E-state index is -1.63. The number of thiophene rings is 1. The molecule has 1 amide bonds. The molecule has 0 saturated carbocycles. The zero-order chi connectivity index (χ0) is 19.6. The first-order chi connectivity index (χ1) is 12.9. The molecular weight excluding hydrogens is 397 g/mol. The first-order valence-corrected chi connectivity index (χ1v) is 9.64. The molecule has 2 aromatic heterocycles. The summed E-state index contributed by atoms with van der Waals surface area (Å²) in [6, 6.07) is 5.68. The average molecular weight is 412 g/mol. The molecule has 1 aromatic carbocycles. The smallest absolute Gasteiger partial charge is 0.237 e. The molecule has 0 aliphatic carbocycles. The highest BCUT2D eigenvalue weighted by molar-refractivity contribution is 8.00. The molecule has 27 heavy (non-hydrogen) atoms. The Hall–Kier alpha value is -2.33. The van der Waals surface area contributed by atoms with Gasteiger partial charge in [0.25, 0.3) is 0 Å². The summed E-state index contributed by atoms with van der Waals surface area (Å²) in [5.74, 6) is -4.19. The topological polar surface area (TPSA) is 59.8 Å². The fourth-order valence-electron chi connectivity index (χ4n) is 2.24. The van der Waals surface area contributed by atoms with Gasteiger partial charge in [0, 0.05) is 18.3 Å². The van der Waals surface area contributed by atoms with Crippen molar-refractivity contribution < 1.29 is 18.0 Å². The Morgan fingerprint density at radius 2 is 2.04 bits per heavy atom. The number of thioether (sulfide) groups is 1. The van der Waals surface area contributed by atoms with E-state index in [0.29, 0.717) is 11.6 Å². The van der Waals surface area contributed by atoms with E-state index in [1.165, 1.54) is 0 Å². The van der Waals surface area contributed by atoms with E-state index in [1.807, 2.05) is 17.5 Å². The molecule has 0 saturated heterocycles. The lowest BCUT2D eigenvalue weighted by Crippen LogP contribution is -2.23. The third-order valence-corrected chi connectivity index (χ3v) is 5.79. The van der Waals surface area contributed by atoms with E-state index in [0.717, 1.165) is 34.6 Å². The van der Waals surface area contributed by atoms with E-state index in [2.05, 4.69) is 15.5 Å². The van der Waals surface area contributed by atoms with Gasteiger partial charge < -0.3 is 9.88 Å². The quantitative estimate of drug-likeness (QED) is 0.491. The van der Waals surface area contributed by atoms with Crippen molar-refractivity contribution >= 4 is 34.7 Å². The van der Waals surface area contributed by atoms with Crippen LogP contribution in [0.3, 0.4) is 0 Å². The Kier molecular flexibility index (Phi) is 5.85. The van der Waals surface area contributed by atoms with Gasteiger partial charge in [-0.2, -0.15) is 0 Å². The van der Waals surface area contributed by atoms with E-state index >= 15 is 0 Å². The third-order valence-electron chi connectivity index (χ3n) is 3.78. The number of carbonyl (C=O) groups excluding carboxylic acids is 1. The minimum Gasteiger partial charge on any atom is -0.323 e. The number of anilines is 1. The molecule has 0 unspecified atom stereocenters. The van der Waals surface area contributed by atoms with Crippen LogP contribution in [-0.4, -0.2) is 25.9 Å². The third kappa shape index (κ3) is 4.33. The molecular formula is C17H15F3N4OS2. The van der Waals surface area contributed by atoms with Gasteiger partial charge >= 0.3 is 0 Å². The standard InChI is InChI=1S/C17H15F3N4OS2/c1-9(16(25)21-12-6-5-11(18)14(19)15(12)20)27-17-23-22-13(24(17)2)8-10-4-3-7-26-10/h3-7,9H,8H2,1-2H3,(H,21,25)/t9-/m0/s1. The number of rotatable bonds is 6. The second kappa shape index (κ2) is 8.13. The molecule has 0 spiro atoms. The zero-order valence-corrected chi connectivity index (χ0v) is 16.0. The van der Waals surface area contributed by atoms with Gasteiger partial charge in [-0.05, 0) is 30.5 Å². The van der Waals surface area contributed by atoms with E-state index in [1.54, 1.807) is 29.9 Å². The molecule has 0 aliphatic heterocycles. The normalized spacial score (nSPS) is 12.2. The number of nitrogens with one attached hydrogen (secondary N) is 1. The van der Waals surface area contributed by atoms with Crippen LogP contribution in [0.15, 0.2) is 34.8 Å². The summed E-state index contributed by atoms with van der Waals surface area (Å²) in [7, 11) is 1.80. The van der Waals surface area contributed by atoms with Crippen molar-refractivity contribution in [3.63, 3.8) is 0 Å². The fraction of sp³-hybridized carbons (Fsp3) is 0.235. The SMILES string of the molecule is C[C@H](Sc1nnc(Cc2cccs2)n1C)C(=O)Nc1ccc(F)c(F)c1F. The highest BCUT2D eigenvalue weighted by atomic mass is 32.2. The maximum atomic E-state index is 13.7. The minimum absolute atomic E-state index is 0.414. The van der Waals surface area contributed by atoms with Gasteiger partial charge in [-0.15, -0.1) is 21.5 Å². The van der Waals surface area contributed by atoms with Gasteiger partial charge in [0.15, 0.2) is 22.6 Å². The van der Waals surface area contributed by atoms with Crippen LogP contribution >= 0.6 is 23.1 Å². The van der Waals surface area contributed by atoms with Crippen molar-refractivity contribution in [2.75, 3.05) is 5.32 Å². The van der Waals surface area contributed by atoms with E-state index < -0.39 is 34.3 Å². The van der Waals surface area contributed by atoms with Crippen molar-refractivity contribution in [1.82, 2.24) is 14.8 Å². The highest BCUT2D eigenvalue weighted by Crippen LogP contribution is 2.25. The van der Waals surface area contributed by atoms with E-state index in [-0.39, 0.29) is 0 Å². The number of aromatic nitrogens is 3. The summed E-state index contributed by atoms with van der Waals surface area (Å²) in [5.41, 5.74) is -0.414. The Labute approximate surface area is 161 Å². The van der Waals surface area contributed by atoms with Gasteiger partial charge in [-0.3, -0.25) is 4.79 Å². The number of halogens is 3. The Morgan fingerprint density at radius 1 is 1.26 bits per heavy atom. The van der Waals surface area contributed by atoms with Crippen LogP contribution < -0.4 is 5.32 Å². The molecule has 1 atom stereocenters. The van der Waals surface area contributed by atoms with Crippen LogP contribution in [0.25, 0.3) is 0 Å². The molecule has 0 bridgehead atoms. The lowest BCUT2D eigenvalue weighted by molar-refractivity contribution is -0.115. The van der Waals surface area contributed by atoms with Crippen LogP contribution in [0.5, 0.6) is 0 Å². The fourth-order valence-corrected chi connectivity index (χ4v) is 3.77. The number of hydrogen-bond donors (Lipinski definition) is 1. The molecule has 3 aromatic rings. The first kappa shape index (κ1) is 19.4. The van der Waals surface area contributed by atoms with Crippen molar-refractivity contribution in [2.24, 2.45) is 7.05 Å². The monoisotopic (exact) mass is 412 g/mol. The molecule has 10 heteroatoms. The number of carbonyl (C=O) groups is 1. The van der Waals surface area contributed by atoms with Crippen molar-refractivity contribution in [1.29, 1.82) is 0 Å². The molecule has 142 valence electrons. The molecule has 1 N–H and O–H groups in total. The summed E-state index contributed by atoms with van der Waals surface area (Å²) in [6.07, 6.45) is 0.627. The van der Waals surface area contributed by atoms with Gasteiger partial charge in [0.1, 0.15) is 5.82 Å². The van der Waals surface area contributed by atoms with Gasteiger partial charge in [-0.1, -0.05) is 17.8 Å². The first-order valence-electron chi connectivity index (χ1n) is 7.88. The summed E-state index contributed by atoms with van der Waals surface area (Å²) < 4.78 is 41.7. The number of nitrogens with zero attached hydrogens (tertiary/aromatic N) is 3. The molecule has 2 heterocycles. The van der Waals surface area contributed by atoms with Crippen molar-refractivity contribution in [3.8, 4) is 0 Å². The highest BCUT2D eigenvalue weighted by Gasteiger charge is 2.21. The summed E-state index contributed by atoms with van der Waals surface area (Å²) in [6.45, 7) is 1.60. The number of amides is 1. The van der Waals surface area contributed by atoms with Crippen LogP contribution in [0.4, 0.5) is 18.9 Å². The Bertz CT molecular complexity index is 959. The van der Waals surface area contributed by atoms with Crippen LogP contribution in [0.2, 0.25) is 0 Å². The average Bonchev–Trinajstić information content (AvgIpc) is 3.27. The van der Waals surface area contributed by atoms with Crippen LogP contribution in [0.1, 0.15) is 17.6 Å². The lowest BCUT2D eigenvalue weighted by atomic mass is 10.2. The number of hydrogen-bond acceptors (Lipinski definition) is 5. The molecule has 3 rings (SSSR count). The summed E-state index contributed by atoms with van der Waals surface area (Å²) in [4.78, 5) is 13.4. The molecule has 5 nitrogen and oxygen atoms in total. The maximum absolute atomic E-state index is 13.7. The Morgan fingerprint density at radius 3 is 2.74 bits per heavy atom. The second-order valence-corrected chi connectivity index (χ2v) is 8.03. The summed E-state index contributed by atoms with van der Waals surface area (Å²) >= 11 is 2.75. The van der Waals surface area contributed by atoms with Gasteiger partial charge in [-0.25, -0.2) is 13.2 Å². The Balaban J connectivity index is 1.67. The number of benzene rings is 1. The zero-order valence-electron chi connectivity index (χ0n) is 14.4. The summed E-state index contributed by atoms with van der Waals surface area (Å²) in [5, 5.41) is 12.3. The predicted molar refractivity (Wildman–Crippen MR) is 98.4 cm³/mol. The van der Waals surface area contributed by atoms with Crippen LogP contribution in [-0.2, 0) is 18.3 Å². The molecule has 0 fully saturated rings. The lowest BCUT2D eigenvalue weighted by Gasteiger charge is -2.12. The van der Waals surface area contributed by atoms with Gasteiger partial charge in [0.05, 0.1) is 10.9 Å². The molecule has 0 aliphatic rings. The largest absolute Gasteiger partial charge is 0.323 e. The van der Waals surface area contributed by atoms with E-state index in [4.69, 9.17) is 0 Å². The maximum Gasteiger partial charge on any atom is 0.237 e. The van der Waals surface area contributed by atoms with Crippen molar-refractivity contribution in [3.05, 3.63) is 57.8 Å². The second-order valence-electron chi connectivity index (χ2n) is 5.69. The van der Waals surface area contributed by atoms with Crippen molar-refractivity contribution in [2.45, 2.75) is 23.8 Å². The van der Waals surface area contributed by atoms with E-state index in [9.17, 15) is 18.0 Å². The van der Waals surface area contributed by atoms with Gasteiger partial charge in [0.2, 0.25) is 5.91 Å². The van der Waals surface area contributed by atoms with Crippen LogP contribution in [0, 0.1) is 17.5 Å². The molecule has 0 radical (unpaired) electrons. The predicted octanol–water partition coefficient (Wildman–Crippen LogP) is 4.00.